The molecule has 1 saturated heterocycles. The second-order valence-electron chi connectivity index (χ2n) is 8.83. The molecule has 2 N–H and O–H groups in total. The van der Waals surface area contributed by atoms with Gasteiger partial charge in [-0.3, -0.25) is 14.4 Å². The van der Waals surface area contributed by atoms with Crippen molar-refractivity contribution in [3.63, 3.8) is 0 Å². The van der Waals surface area contributed by atoms with Gasteiger partial charge < -0.3 is 25.0 Å². The van der Waals surface area contributed by atoms with E-state index in [-0.39, 0.29) is 29.7 Å². The van der Waals surface area contributed by atoms with E-state index in [9.17, 15) is 14.4 Å². The number of hydrogen-bond donors (Lipinski definition) is 2. The zero-order valence-corrected chi connectivity index (χ0v) is 20.9. The lowest BCUT2D eigenvalue weighted by Crippen LogP contribution is -2.55. The standard InChI is InChI=1S/C27H35N3O5/c1-5-18(2)28-26(32)24(29-25(31)20-10-12-21(34-3)13-11-20)19-14-16-30(17-15-19)27(33)22-8-6-7-9-23(22)35-4/h6-13,18-19,24H,5,14-17H2,1-4H3,(H,28,32)(H,29,31). The molecule has 1 heterocycles. The molecule has 35 heavy (non-hydrogen) atoms. The fraction of sp³-hybridized carbons (Fsp3) is 0.444. The molecule has 3 rings (SSSR count). The van der Waals surface area contributed by atoms with E-state index in [1.54, 1.807) is 55.5 Å². The smallest absolute Gasteiger partial charge is 0.257 e. The van der Waals surface area contributed by atoms with E-state index in [0.717, 1.165) is 6.42 Å². The minimum Gasteiger partial charge on any atom is -0.497 e. The van der Waals surface area contributed by atoms with Gasteiger partial charge in [0.05, 0.1) is 19.8 Å². The number of para-hydroxylation sites is 1. The van der Waals surface area contributed by atoms with Gasteiger partial charge in [0, 0.05) is 24.7 Å². The Hall–Kier alpha value is -3.55. The van der Waals surface area contributed by atoms with Crippen LogP contribution in [-0.4, -0.2) is 62.0 Å². The van der Waals surface area contributed by atoms with Gasteiger partial charge in [-0.1, -0.05) is 19.1 Å². The Labute approximate surface area is 207 Å². The van der Waals surface area contributed by atoms with Crippen LogP contribution in [0.15, 0.2) is 48.5 Å². The molecule has 2 aromatic rings. The molecular weight excluding hydrogens is 446 g/mol. The largest absolute Gasteiger partial charge is 0.497 e. The molecular formula is C27H35N3O5. The van der Waals surface area contributed by atoms with E-state index >= 15 is 0 Å². The summed E-state index contributed by atoms with van der Waals surface area (Å²) in [5.74, 6) is 0.490. The first kappa shape index (κ1) is 26.1. The number of carbonyl (C=O) groups is 3. The number of piperidine rings is 1. The third-order valence-corrected chi connectivity index (χ3v) is 6.56. The van der Waals surface area contributed by atoms with Gasteiger partial charge in [0.15, 0.2) is 0 Å². The molecule has 8 nitrogen and oxygen atoms in total. The Kier molecular flexibility index (Phi) is 9.11. The van der Waals surface area contributed by atoms with E-state index in [1.807, 2.05) is 26.0 Å². The number of nitrogens with zero attached hydrogens (tertiary/aromatic N) is 1. The van der Waals surface area contributed by atoms with Gasteiger partial charge in [-0.2, -0.15) is 0 Å². The summed E-state index contributed by atoms with van der Waals surface area (Å²) < 4.78 is 10.5. The maximum absolute atomic E-state index is 13.2. The lowest BCUT2D eigenvalue weighted by atomic mass is 9.88. The molecule has 2 aromatic carbocycles. The van der Waals surface area contributed by atoms with Crippen molar-refractivity contribution in [2.45, 2.75) is 45.2 Å². The van der Waals surface area contributed by atoms with Gasteiger partial charge in [0.2, 0.25) is 5.91 Å². The van der Waals surface area contributed by atoms with Crippen LogP contribution in [0.25, 0.3) is 0 Å². The fourth-order valence-electron chi connectivity index (χ4n) is 4.23. The summed E-state index contributed by atoms with van der Waals surface area (Å²) in [6, 6.07) is 13.2. The number of hydrogen-bond acceptors (Lipinski definition) is 5. The Balaban J connectivity index is 1.71. The predicted octanol–water partition coefficient (Wildman–Crippen LogP) is 3.27. The molecule has 0 spiro atoms. The molecule has 2 atom stereocenters. The highest BCUT2D eigenvalue weighted by atomic mass is 16.5. The molecule has 0 saturated carbocycles. The Morgan fingerprint density at radius 3 is 2.23 bits per heavy atom. The normalized spacial score (nSPS) is 15.6. The highest BCUT2D eigenvalue weighted by molar-refractivity contribution is 5.98. The monoisotopic (exact) mass is 481 g/mol. The first-order valence-corrected chi connectivity index (χ1v) is 12.1. The average Bonchev–Trinajstić information content (AvgIpc) is 2.91. The van der Waals surface area contributed by atoms with Gasteiger partial charge in [-0.15, -0.1) is 0 Å². The molecule has 1 fully saturated rings. The predicted molar refractivity (Wildman–Crippen MR) is 134 cm³/mol. The van der Waals surface area contributed by atoms with Crippen molar-refractivity contribution in [3.8, 4) is 11.5 Å². The molecule has 0 aliphatic carbocycles. The summed E-state index contributed by atoms with van der Waals surface area (Å²) in [6.45, 7) is 4.92. The van der Waals surface area contributed by atoms with Crippen LogP contribution in [0, 0.1) is 5.92 Å². The van der Waals surface area contributed by atoms with Gasteiger partial charge >= 0.3 is 0 Å². The average molecular weight is 482 g/mol. The molecule has 3 amide bonds. The summed E-state index contributed by atoms with van der Waals surface area (Å²) in [6.07, 6.45) is 1.99. The first-order chi connectivity index (χ1) is 16.9. The highest BCUT2D eigenvalue weighted by Crippen LogP contribution is 2.26. The van der Waals surface area contributed by atoms with Crippen LogP contribution in [0.4, 0.5) is 0 Å². The number of likely N-dealkylation sites (tertiary alicyclic amines) is 1. The second kappa shape index (κ2) is 12.2. The third-order valence-electron chi connectivity index (χ3n) is 6.56. The van der Waals surface area contributed by atoms with Crippen LogP contribution in [0.3, 0.4) is 0 Å². The second-order valence-corrected chi connectivity index (χ2v) is 8.83. The van der Waals surface area contributed by atoms with Crippen LogP contribution in [0.1, 0.15) is 53.8 Å². The molecule has 8 heteroatoms. The quantitative estimate of drug-likeness (QED) is 0.573. The van der Waals surface area contributed by atoms with Gasteiger partial charge in [0.1, 0.15) is 17.5 Å². The van der Waals surface area contributed by atoms with Gasteiger partial charge in [-0.25, -0.2) is 0 Å². The Morgan fingerprint density at radius 2 is 1.63 bits per heavy atom. The van der Waals surface area contributed by atoms with E-state index in [0.29, 0.717) is 48.6 Å². The SMILES string of the molecule is CCC(C)NC(=O)C(NC(=O)c1ccc(OC)cc1)C1CCN(C(=O)c2ccccc2OC)CC1. The number of benzene rings is 2. The molecule has 2 unspecified atom stereocenters. The minimum atomic E-state index is -0.692. The summed E-state index contributed by atoms with van der Waals surface area (Å²) in [5.41, 5.74) is 0.975. The molecule has 0 radical (unpaired) electrons. The third kappa shape index (κ3) is 6.53. The highest BCUT2D eigenvalue weighted by Gasteiger charge is 2.35. The first-order valence-electron chi connectivity index (χ1n) is 12.1. The Morgan fingerprint density at radius 1 is 0.971 bits per heavy atom. The molecule has 1 aliphatic rings. The van der Waals surface area contributed by atoms with E-state index in [4.69, 9.17) is 9.47 Å². The zero-order chi connectivity index (χ0) is 25.4. The summed E-state index contributed by atoms with van der Waals surface area (Å²) >= 11 is 0. The number of methoxy groups -OCH3 is 2. The van der Waals surface area contributed by atoms with Crippen LogP contribution in [0.5, 0.6) is 11.5 Å². The van der Waals surface area contributed by atoms with Crippen molar-refractivity contribution in [1.29, 1.82) is 0 Å². The van der Waals surface area contributed by atoms with Crippen LogP contribution in [-0.2, 0) is 4.79 Å². The fourth-order valence-corrected chi connectivity index (χ4v) is 4.23. The lowest BCUT2D eigenvalue weighted by Gasteiger charge is -2.36. The summed E-state index contributed by atoms with van der Waals surface area (Å²) in [5, 5.41) is 5.95. The maximum Gasteiger partial charge on any atom is 0.257 e. The number of ether oxygens (including phenoxy) is 2. The summed E-state index contributed by atoms with van der Waals surface area (Å²) in [7, 11) is 3.11. The molecule has 188 valence electrons. The minimum absolute atomic E-state index is 0.00454. The topological polar surface area (TPSA) is 97.0 Å². The van der Waals surface area contributed by atoms with Crippen molar-refractivity contribution >= 4 is 17.7 Å². The lowest BCUT2D eigenvalue weighted by molar-refractivity contribution is -0.125. The van der Waals surface area contributed by atoms with E-state index in [2.05, 4.69) is 10.6 Å². The van der Waals surface area contributed by atoms with Crippen LogP contribution >= 0.6 is 0 Å². The number of amides is 3. The van der Waals surface area contributed by atoms with Crippen LogP contribution in [0.2, 0.25) is 0 Å². The molecule has 1 aliphatic heterocycles. The van der Waals surface area contributed by atoms with E-state index < -0.39 is 6.04 Å². The molecule has 0 aromatic heterocycles. The number of rotatable bonds is 9. The summed E-state index contributed by atoms with van der Waals surface area (Å²) in [4.78, 5) is 41.0. The van der Waals surface area contributed by atoms with E-state index in [1.165, 1.54) is 0 Å². The van der Waals surface area contributed by atoms with Gasteiger partial charge in [0.25, 0.3) is 11.8 Å². The van der Waals surface area contributed by atoms with Crippen molar-refractivity contribution in [2.75, 3.05) is 27.3 Å². The maximum atomic E-state index is 13.2. The van der Waals surface area contributed by atoms with Crippen molar-refractivity contribution in [3.05, 3.63) is 59.7 Å². The van der Waals surface area contributed by atoms with Crippen molar-refractivity contribution < 1.29 is 23.9 Å². The van der Waals surface area contributed by atoms with Crippen molar-refractivity contribution in [2.24, 2.45) is 5.92 Å². The number of nitrogens with one attached hydrogen (secondary N) is 2. The molecule has 0 bridgehead atoms. The van der Waals surface area contributed by atoms with Crippen LogP contribution < -0.4 is 20.1 Å². The Bertz CT molecular complexity index is 1020. The zero-order valence-electron chi connectivity index (χ0n) is 20.9. The van der Waals surface area contributed by atoms with Gasteiger partial charge in [-0.05, 0) is 68.5 Å². The number of carbonyl (C=O) groups excluding carboxylic acids is 3. The van der Waals surface area contributed by atoms with Crippen molar-refractivity contribution in [1.82, 2.24) is 15.5 Å².